The molecule has 0 aliphatic carbocycles. The Labute approximate surface area is 72.7 Å². The Morgan fingerprint density at radius 3 is 2.18 bits per heavy atom. The molecular formula is C8H20O2Si. The summed E-state index contributed by atoms with van der Waals surface area (Å²) in [6, 6.07) is 0. The van der Waals surface area contributed by atoms with Crippen LogP contribution in [0.2, 0.25) is 5.54 Å². The molecule has 0 saturated heterocycles. The van der Waals surface area contributed by atoms with Gasteiger partial charge in [0, 0.05) is 24.5 Å². The minimum atomic E-state index is 0.0354. The summed E-state index contributed by atoms with van der Waals surface area (Å²) in [6.45, 7) is 2.21. The molecule has 1 unspecified atom stereocenters. The summed E-state index contributed by atoms with van der Waals surface area (Å²) in [4.78, 5) is 0. The molecule has 0 amide bonds. The lowest BCUT2D eigenvalue weighted by Gasteiger charge is -2.20. The van der Waals surface area contributed by atoms with E-state index in [0.29, 0.717) is 5.54 Å². The molecule has 0 aliphatic heterocycles. The topological polar surface area (TPSA) is 18.5 Å². The second-order valence-electron chi connectivity index (χ2n) is 2.96. The number of unbranched alkanes of at least 4 members (excludes halogenated alkanes) is 1. The predicted octanol–water partition coefficient (Wildman–Crippen LogP) is 0.949. The summed E-state index contributed by atoms with van der Waals surface area (Å²) in [5, 5.41) is 0. The van der Waals surface area contributed by atoms with Crippen molar-refractivity contribution in [3.63, 3.8) is 0 Å². The molecule has 0 aromatic rings. The maximum Gasteiger partial charge on any atom is 0.156 e. The number of ether oxygens (including phenoxy) is 2. The number of methoxy groups -OCH3 is 2. The first-order chi connectivity index (χ1) is 5.26. The van der Waals surface area contributed by atoms with E-state index in [9.17, 15) is 0 Å². The average molecular weight is 176 g/mol. The van der Waals surface area contributed by atoms with Crippen molar-refractivity contribution in [2.24, 2.45) is 0 Å². The van der Waals surface area contributed by atoms with E-state index >= 15 is 0 Å². The lowest BCUT2D eigenvalue weighted by molar-refractivity contribution is -0.106. The highest BCUT2D eigenvalue weighted by Crippen LogP contribution is 2.17. The van der Waals surface area contributed by atoms with Crippen LogP contribution >= 0.6 is 0 Å². The van der Waals surface area contributed by atoms with E-state index in [-0.39, 0.29) is 6.29 Å². The molecule has 0 spiro atoms. The zero-order chi connectivity index (χ0) is 8.69. The maximum atomic E-state index is 5.17. The third-order valence-corrected chi connectivity index (χ3v) is 3.06. The van der Waals surface area contributed by atoms with Gasteiger partial charge in [0.1, 0.15) is 0 Å². The molecule has 3 heteroatoms. The molecule has 0 aromatic heterocycles. The van der Waals surface area contributed by atoms with E-state index in [4.69, 9.17) is 9.47 Å². The fourth-order valence-electron chi connectivity index (χ4n) is 1.22. The summed E-state index contributed by atoms with van der Waals surface area (Å²) in [5.41, 5.74) is 0.643. The molecular weight excluding hydrogens is 156 g/mol. The minimum Gasteiger partial charge on any atom is -0.356 e. The molecule has 11 heavy (non-hydrogen) atoms. The molecule has 0 aliphatic rings. The largest absolute Gasteiger partial charge is 0.356 e. The summed E-state index contributed by atoms with van der Waals surface area (Å²) in [7, 11) is 4.58. The summed E-state index contributed by atoms with van der Waals surface area (Å²) in [6.07, 6.45) is 3.83. The summed E-state index contributed by atoms with van der Waals surface area (Å²) in [5.74, 6) is 0. The maximum absolute atomic E-state index is 5.17. The van der Waals surface area contributed by atoms with Crippen LogP contribution in [0.4, 0.5) is 0 Å². The molecule has 0 rings (SSSR count). The van der Waals surface area contributed by atoms with E-state index in [1.54, 1.807) is 14.2 Å². The fraction of sp³-hybridized carbons (Fsp3) is 1.00. The van der Waals surface area contributed by atoms with Crippen molar-refractivity contribution in [1.29, 1.82) is 0 Å². The second kappa shape index (κ2) is 6.82. The van der Waals surface area contributed by atoms with Crippen molar-refractivity contribution in [3.05, 3.63) is 0 Å². The van der Waals surface area contributed by atoms with Crippen molar-refractivity contribution in [3.8, 4) is 0 Å². The molecule has 0 N–H and O–H groups in total. The third kappa shape index (κ3) is 4.56. The molecule has 68 valence electrons. The van der Waals surface area contributed by atoms with Crippen molar-refractivity contribution in [1.82, 2.24) is 0 Å². The smallest absolute Gasteiger partial charge is 0.156 e. The first-order valence-electron chi connectivity index (χ1n) is 4.31. The first-order valence-corrected chi connectivity index (χ1v) is 5.47. The first kappa shape index (κ1) is 11.1. The van der Waals surface area contributed by atoms with Gasteiger partial charge in [-0.2, -0.15) is 0 Å². The van der Waals surface area contributed by atoms with Crippen LogP contribution in [0.25, 0.3) is 0 Å². The summed E-state index contributed by atoms with van der Waals surface area (Å²) >= 11 is 0. The molecule has 0 aromatic carbocycles. The Bertz CT molecular complexity index is 84.2. The van der Waals surface area contributed by atoms with E-state index in [0.717, 1.165) is 10.2 Å². The van der Waals surface area contributed by atoms with Gasteiger partial charge in [0.05, 0.1) is 0 Å². The van der Waals surface area contributed by atoms with E-state index in [1.807, 2.05) is 0 Å². The molecule has 2 nitrogen and oxygen atoms in total. The van der Waals surface area contributed by atoms with Crippen LogP contribution < -0.4 is 0 Å². The third-order valence-electron chi connectivity index (χ3n) is 1.94. The Hall–Kier alpha value is 0.137. The monoisotopic (exact) mass is 176 g/mol. The lowest BCUT2D eigenvalue weighted by Crippen LogP contribution is -2.20. The highest BCUT2D eigenvalue weighted by Gasteiger charge is 2.14. The van der Waals surface area contributed by atoms with Gasteiger partial charge in [0.25, 0.3) is 0 Å². The minimum absolute atomic E-state index is 0.0354. The average Bonchev–Trinajstić information content (AvgIpc) is 2.03. The lowest BCUT2D eigenvalue weighted by atomic mass is 10.2. The van der Waals surface area contributed by atoms with E-state index in [2.05, 4.69) is 6.92 Å². The molecule has 1 atom stereocenters. The van der Waals surface area contributed by atoms with Crippen LogP contribution in [0.15, 0.2) is 0 Å². The van der Waals surface area contributed by atoms with Crippen molar-refractivity contribution < 1.29 is 9.47 Å². The van der Waals surface area contributed by atoms with Crippen LogP contribution in [0.3, 0.4) is 0 Å². The normalized spacial score (nSPS) is 14.2. The van der Waals surface area contributed by atoms with Crippen LogP contribution in [-0.2, 0) is 9.47 Å². The standard InChI is InChI=1S/C8H20O2Si/c1-4-5-6-7(11)8(9-2)10-3/h7-8H,4-6H2,1-3,11H3. The fourth-order valence-corrected chi connectivity index (χ4v) is 2.18. The zero-order valence-electron chi connectivity index (χ0n) is 8.09. The Kier molecular flexibility index (Phi) is 6.91. The van der Waals surface area contributed by atoms with Gasteiger partial charge in [-0.05, 0) is 12.0 Å². The number of hydrogen-bond acceptors (Lipinski definition) is 2. The van der Waals surface area contributed by atoms with Gasteiger partial charge in [0.15, 0.2) is 6.29 Å². The van der Waals surface area contributed by atoms with Crippen LogP contribution in [-0.4, -0.2) is 30.8 Å². The molecule has 0 radical (unpaired) electrons. The molecule has 0 heterocycles. The van der Waals surface area contributed by atoms with Gasteiger partial charge in [-0.15, -0.1) is 0 Å². The van der Waals surface area contributed by atoms with Crippen molar-refractivity contribution in [2.45, 2.75) is 38.0 Å². The highest BCUT2D eigenvalue weighted by molar-refractivity contribution is 6.11. The molecule has 0 bridgehead atoms. The Balaban J connectivity index is 3.51. The predicted molar refractivity (Wildman–Crippen MR) is 51.0 cm³/mol. The van der Waals surface area contributed by atoms with Gasteiger partial charge < -0.3 is 9.47 Å². The Morgan fingerprint density at radius 1 is 1.27 bits per heavy atom. The molecule has 0 saturated carbocycles. The van der Waals surface area contributed by atoms with Gasteiger partial charge in [0.2, 0.25) is 0 Å². The molecule has 0 fully saturated rings. The van der Waals surface area contributed by atoms with Gasteiger partial charge in [-0.3, -0.25) is 0 Å². The van der Waals surface area contributed by atoms with E-state index < -0.39 is 0 Å². The van der Waals surface area contributed by atoms with Gasteiger partial charge >= 0.3 is 0 Å². The van der Waals surface area contributed by atoms with Crippen molar-refractivity contribution >= 4 is 10.2 Å². The summed E-state index contributed by atoms with van der Waals surface area (Å²) < 4.78 is 10.3. The van der Waals surface area contributed by atoms with Crippen molar-refractivity contribution in [2.75, 3.05) is 14.2 Å². The van der Waals surface area contributed by atoms with Crippen LogP contribution in [0.5, 0.6) is 0 Å². The quantitative estimate of drug-likeness (QED) is 0.443. The Morgan fingerprint density at radius 2 is 1.82 bits per heavy atom. The van der Waals surface area contributed by atoms with Gasteiger partial charge in [-0.1, -0.05) is 19.8 Å². The SMILES string of the molecule is CCCCC([SiH3])C(OC)OC. The van der Waals surface area contributed by atoms with Gasteiger partial charge in [-0.25, -0.2) is 0 Å². The highest BCUT2D eigenvalue weighted by atomic mass is 28.1. The number of rotatable bonds is 6. The van der Waals surface area contributed by atoms with Crippen LogP contribution in [0, 0.1) is 0 Å². The zero-order valence-corrected chi connectivity index (χ0v) is 10.1. The number of hydrogen-bond donors (Lipinski definition) is 0. The second-order valence-corrected chi connectivity index (χ2v) is 4.44. The van der Waals surface area contributed by atoms with E-state index in [1.165, 1.54) is 19.3 Å². The van der Waals surface area contributed by atoms with Crippen LogP contribution in [0.1, 0.15) is 26.2 Å².